The first-order valence-corrected chi connectivity index (χ1v) is 9.17. The van der Waals surface area contributed by atoms with Crippen LogP contribution in [0.4, 0.5) is 0 Å². The fraction of sp³-hybridized carbons (Fsp3) is 0.895. The second kappa shape index (κ2) is 4.67. The van der Waals surface area contributed by atoms with E-state index in [1.54, 1.807) is 6.21 Å². The standard InChI is InChI=1S/C19H29NO/c1-18-10-3-2-4-13(18)5-6-14-15(18)9-11-19(12-20)16(14)7-8-17(19)21/h12-16,20H,2-11H2,1H3/t13?,14-,15+,16+,18+,19-/m1/s1. The summed E-state index contributed by atoms with van der Waals surface area (Å²) in [5, 5.41) is 7.94. The maximum Gasteiger partial charge on any atom is 0.144 e. The second-order valence-electron chi connectivity index (χ2n) is 8.59. The van der Waals surface area contributed by atoms with E-state index in [0.717, 1.165) is 37.0 Å². The van der Waals surface area contributed by atoms with Gasteiger partial charge in [-0.05, 0) is 74.0 Å². The fourth-order valence-corrected chi connectivity index (χ4v) is 7.06. The van der Waals surface area contributed by atoms with Gasteiger partial charge in [-0.2, -0.15) is 0 Å². The van der Waals surface area contributed by atoms with Gasteiger partial charge in [0.05, 0.1) is 5.41 Å². The van der Waals surface area contributed by atoms with Crippen molar-refractivity contribution in [3.05, 3.63) is 0 Å². The van der Waals surface area contributed by atoms with Gasteiger partial charge < -0.3 is 5.41 Å². The number of hydrogen-bond donors (Lipinski definition) is 1. The lowest BCUT2D eigenvalue weighted by atomic mass is 9.45. The summed E-state index contributed by atoms with van der Waals surface area (Å²) in [5.74, 6) is 3.39. The lowest BCUT2D eigenvalue weighted by molar-refractivity contribution is -0.132. The van der Waals surface area contributed by atoms with Crippen molar-refractivity contribution in [1.29, 1.82) is 5.41 Å². The summed E-state index contributed by atoms with van der Waals surface area (Å²) in [6.07, 6.45) is 14.0. The molecule has 0 aromatic heterocycles. The Morgan fingerprint density at radius 3 is 2.71 bits per heavy atom. The highest BCUT2D eigenvalue weighted by Crippen LogP contribution is 2.65. The summed E-state index contributed by atoms with van der Waals surface area (Å²) < 4.78 is 0. The first kappa shape index (κ1) is 14.0. The quantitative estimate of drug-likeness (QED) is 0.702. The Bertz CT molecular complexity index is 472. The van der Waals surface area contributed by atoms with E-state index < -0.39 is 0 Å². The van der Waals surface area contributed by atoms with Crippen molar-refractivity contribution in [3.63, 3.8) is 0 Å². The van der Waals surface area contributed by atoms with Crippen LogP contribution in [-0.4, -0.2) is 12.0 Å². The van der Waals surface area contributed by atoms with Crippen LogP contribution in [0, 0.1) is 39.9 Å². The molecule has 0 aliphatic heterocycles. The number of rotatable bonds is 1. The largest absolute Gasteiger partial charge is 0.312 e. The molecule has 0 saturated heterocycles. The van der Waals surface area contributed by atoms with Gasteiger partial charge in [-0.1, -0.05) is 19.8 Å². The minimum atomic E-state index is -0.348. The molecule has 1 N–H and O–H groups in total. The molecule has 2 heteroatoms. The Hall–Kier alpha value is -0.660. The highest BCUT2D eigenvalue weighted by Gasteiger charge is 2.60. The van der Waals surface area contributed by atoms with E-state index >= 15 is 0 Å². The molecule has 116 valence electrons. The van der Waals surface area contributed by atoms with Crippen molar-refractivity contribution in [2.45, 2.75) is 71.1 Å². The van der Waals surface area contributed by atoms with Crippen molar-refractivity contribution < 1.29 is 4.79 Å². The normalized spacial score (nSPS) is 52.7. The highest BCUT2D eigenvalue weighted by atomic mass is 16.1. The van der Waals surface area contributed by atoms with Crippen molar-refractivity contribution in [2.24, 2.45) is 34.5 Å². The maximum absolute atomic E-state index is 12.4. The Balaban J connectivity index is 1.68. The number of ketones is 1. The number of carbonyl (C=O) groups is 1. The molecule has 0 bridgehead atoms. The molecule has 0 heterocycles. The van der Waals surface area contributed by atoms with E-state index in [1.165, 1.54) is 44.9 Å². The summed E-state index contributed by atoms with van der Waals surface area (Å²) >= 11 is 0. The van der Waals surface area contributed by atoms with Crippen LogP contribution in [0.15, 0.2) is 0 Å². The molecule has 0 radical (unpaired) electrons. The first-order valence-electron chi connectivity index (χ1n) is 9.17. The fourth-order valence-electron chi connectivity index (χ4n) is 7.06. The first-order chi connectivity index (χ1) is 10.1. The highest BCUT2D eigenvalue weighted by molar-refractivity contribution is 6.01. The molecule has 0 aromatic carbocycles. The molecule has 6 atom stereocenters. The van der Waals surface area contributed by atoms with Crippen molar-refractivity contribution in [3.8, 4) is 0 Å². The number of nitrogens with one attached hydrogen (secondary N) is 1. The van der Waals surface area contributed by atoms with Gasteiger partial charge >= 0.3 is 0 Å². The van der Waals surface area contributed by atoms with Gasteiger partial charge in [-0.3, -0.25) is 4.79 Å². The summed E-state index contributed by atoms with van der Waals surface area (Å²) in [7, 11) is 0. The molecule has 4 aliphatic carbocycles. The summed E-state index contributed by atoms with van der Waals surface area (Å²) in [6, 6.07) is 0. The molecule has 1 unspecified atom stereocenters. The van der Waals surface area contributed by atoms with E-state index in [0.29, 0.717) is 17.1 Å². The van der Waals surface area contributed by atoms with Gasteiger partial charge in [0.15, 0.2) is 0 Å². The Morgan fingerprint density at radius 1 is 1.05 bits per heavy atom. The predicted octanol–water partition coefficient (Wildman–Crippen LogP) is 4.62. The molecule has 2 nitrogen and oxygen atoms in total. The van der Waals surface area contributed by atoms with Gasteiger partial charge in [0.25, 0.3) is 0 Å². The summed E-state index contributed by atoms with van der Waals surface area (Å²) in [4.78, 5) is 12.4. The number of Topliss-reactive ketones (excluding diaryl/α,β-unsaturated/α-hetero) is 1. The lowest BCUT2D eigenvalue weighted by Crippen LogP contribution is -2.53. The van der Waals surface area contributed by atoms with Crippen LogP contribution >= 0.6 is 0 Å². The molecule has 0 amide bonds. The summed E-state index contributed by atoms with van der Waals surface area (Å²) in [5.41, 5.74) is 0.194. The van der Waals surface area contributed by atoms with Crippen LogP contribution < -0.4 is 0 Å². The zero-order valence-corrected chi connectivity index (χ0v) is 13.4. The van der Waals surface area contributed by atoms with Gasteiger partial charge in [-0.15, -0.1) is 0 Å². The zero-order valence-electron chi connectivity index (χ0n) is 13.4. The monoisotopic (exact) mass is 287 g/mol. The molecule has 4 fully saturated rings. The SMILES string of the molecule is C[C@]12CCCCC1CC[C@@H]1[C@@H]2CC[C@]2(C=N)C(=O)CC[C@@H]12. The van der Waals surface area contributed by atoms with Crippen LogP contribution in [0.3, 0.4) is 0 Å². The minimum absolute atomic E-state index is 0.348. The molecule has 21 heavy (non-hydrogen) atoms. The van der Waals surface area contributed by atoms with Gasteiger partial charge in [0.1, 0.15) is 5.78 Å². The summed E-state index contributed by atoms with van der Waals surface area (Å²) in [6.45, 7) is 2.57. The zero-order chi connectivity index (χ0) is 14.7. The Morgan fingerprint density at radius 2 is 1.90 bits per heavy atom. The third-order valence-electron chi connectivity index (χ3n) is 8.17. The van der Waals surface area contributed by atoms with E-state index in [9.17, 15) is 4.79 Å². The van der Waals surface area contributed by atoms with Crippen LogP contribution in [-0.2, 0) is 4.79 Å². The molecular weight excluding hydrogens is 258 g/mol. The van der Waals surface area contributed by atoms with Crippen LogP contribution in [0.2, 0.25) is 0 Å². The number of fused-ring (bicyclic) bond motifs is 5. The molecular formula is C19H29NO. The molecule has 4 aliphatic rings. The van der Waals surface area contributed by atoms with Gasteiger partial charge in [-0.25, -0.2) is 0 Å². The smallest absolute Gasteiger partial charge is 0.144 e. The third-order valence-corrected chi connectivity index (χ3v) is 8.17. The average Bonchev–Trinajstić information content (AvgIpc) is 2.84. The number of carbonyl (C=O) groups excluding carboxylic acids is 1. The topological polar surface area (TPSA) is 40.9 Å². The molecule has 0 aromatic rings. The van der Waals surface area contributed by atoms with Gasteiger partial charge in [0, 0.05) is 12.6 Å². The van der Waals surface area contributed by atoms with E-state index in [2.05, 4.69) is 6.92 Å². The van der Waals surface area contributed by atoms with Crippen LogP contribution in [0.1, 0.15) is 71.1 Å². The van der Waals surface area contributed by atoms with Crippen molar-refractivity contribution >= 4 is 12.0 Å². The average molecular weight is 287 g/mol. The van der Waals surface area contributed by atoms with Crippen LogP contribution in [0.25, 0.3) is 0 Å². The van der Waals surface area contributed by atoms with Crippen LogP contribution in [0.5, 0.6) is 0 Å². The lowest BCUT2D eigenvalue weighted by Gasteiger charge is -2.59. The van der Waals surface area contributed by atoms with E-state index in [4.69, 9.17) is 5.41 Å². The molecule has 0 spiro atoms. The molecule has 4 rings (SSSR count). The predicted molar refractivity (Wildman–Crippen MR) is 84.5 cm³/mol. The second-order valence-corrected chi connectivity index (χ2v) is 8.59. The van der Waals surface area contributed by atoms with E-state index in [-0.39, 0.29) is 5.41 Å². The Kier molecular flexibility index (Phi) is 3.10. The third kappa shape index (κ3) is 1.71. The van der Waals surface area contributed by atoms with Crippen molar-refractivity contribution in [1.82, 2.24) is 0 Å². The Labute approximate surface area is 128 Å². The van der Waals surface area contributed by atoms with Crippen molar-refractivity contribution in [2.75, 3.05) is 0 Å². The minimum Gasteiger partial charge on any atom is -0.312 e. The van der Waals surface area contributed by atoms with E-state index in [1.807, 2.05) is 0 Å². The number of hydrogen-bond acceptors (Lipinski definition) is 2. The molecule has 4 saturated carbocycles. The van der Waals surface area contributed by atoms with Gasteiger partial charge in [0.2, 0.25) is 0 Å². The maximum atomic E-state index is 12.4.